The number of hydrogen-bond donors (Lipinski definition) is 0. The van der Waals surface area contributed by atoms with Crippen LogP contribution in [0.1, 0.15) is 12.8 Å². The first-order valence-electron chi connectivity index (χ1n) is 4.73. The molecule has 0 unspecified atom stereocenters. The normalized spacial score (nSPS) is 20.4. The third kappa shape index (κ3) is 2.45. The van der Waals surface area contributed by atoms with Gasteiger partial charge in [0.1, 0.15) is 6.10 Å². The minimum atomic E-state index is 0.440. The minimum Gasteiger partial charge on any atom is -0.481 e. The smallest absolute Gasteiger partial charge is 0.174 e. The van der Waals surface area contributed by atoms with Crippen molar-refractivity contribution in [3.8, 4) is 5.06 Å². The average Bonchev–Trinajstić information content (AvgIpc) is 2.62. The van der Waals surface area contributed by atoms with Crippen molar-refractivity contribution in [3.63, 3.8) is 0 Å². The van der Waals surface area contributed by atoms with Crippen LogP contribution in [-0.4, -0.2) is 31.1 Å². The number of ether oxygens (including phenoxy) is 1. The minimum absolute atomic E-state index is 0.440. The zero-order valence-electron chi connectivity index (χ0n) is 7.90. The molecule has 0 aromatic carbocycles. The Bertz CT molecular complexity index is 239. The molecule has 2 heterocycles. The van der Waals surface area contributed by atoms with Gasteiger partial charge in [-0.25, -0.2) is 0 Å². The lowest BCUT2D eigenvalue weighted by Gasteiger charge is -2.28. The van der Waals surface area contributed by atoms with E-state index in [0.29, 0.717) is 6.10 Å². The van der Waals surface area contributed by atoms with Gasteiger partial charge in [0, 0.05) is 13.1 Å². The third-order valence-corrected chi connectivity index (χ3v) is 3.20. The molecule has 0 amide bonds. The van der Waals surface area contributed by atoms with Crippen LogP contribution in [0.4, 0.5) is 0 Å². The topological polar surface area (TPSA) is 12.5 Å². The third-order valence-electron chi connectivity index (χ3n) is 2.44. The number of likely N-dealkylation sites (tertiary alicyclic amines) is 1. The highest BCUT2D eigenvalue weighted by molar-refractivity contribution is 7.11. The van der Waals surface area contributed by atoms with Crippen LogP contribution < -0.4 is 4.74 Å². The van der Waals surface area contributed by atoms with Crippen molar-refractivity contribution >= 4 is 11.3 Å². The zero-order valence-corrected chi connectivity index (χ0v) is 8.72. The first-order chi connectivity index (χ1) is 6.34. The Morgan fingerprint density at radius 2 is 2.23 bits per heavy atom. The molecule has 0 radical (unpaired) electrons. The van der Waals surface area contributed by atoms with E-state index in [1.807, 2.05) is 12.1 Å². The lowest BCUT2D eigenvalue weighted by molar-refractivity contribution is 0.118. The van der Waals surface area contributed by atoms with E-state index in [0.717, 1.165) is 31.0 Å². The van der Waals surface area contributed by atoms with Gasteiger partial charge in [-0.05, 0) is 37.4 Å². The maximum Gasteiger partial charge on any atom is 0.174 e. The molecule has 1 saturated heterocycles. The Labute approximate surface area is 83.1 Å². The Hall–Kier alpha value is -0.540. The highest BCUT2D eigenvalue weighted by Crippen LogP contribution is 2.23. The molecular weight excluding hydrogens is 182 g/mol. The Morgan fingerprint density at radius 1 is 1.46 bits per heavy atom. The highest BCUT2D eigenvalue weighted by atomic mass is 32.1. The largest absolute Gasteiger partial charge is 0.481 e. The summed E-state index contributed by atoms with van der Waals surface area (Å²) in [5, 5.41) is 3.12. The Balaban J connectivity index is 1.83. The van der Waals surface area contributed by atoms with E-state index in [4.69, 9.17) is 4.74 Å². The van der Waals surface area contributed by atoms with Crippen molar-refractivity contribution in [3.05, 3.63) is 17.5 Å². The molecule has 2 nitrogen and oxygen atoms in total. The molecule has 0 N–H and O–H groups in total. The standard InChI is InChI=1S/C10H15NOS/c1-11-6-4-9(5-7-11)12-10-3-2-8-13-10/h2-3,8-9H,4-7H2,1H3. The predicted molar refractivity (Wildman–Crippen MR) is 55.5 cm³/mol. The van der Waals surface area contributed by atoms with Crippen molar-refractivity contribution in [1.29, 1.82) is 0 Å². The summed E-state index contributed by atoms with van der Waals surface area (Å²) in [7, 11) is 2.17. The molecule has 0 saturated carbocycles. The van der Waals surface area contributed by atoms with Gasteiger partial charge >= 0.3 is 0 Å². The molecule has 1 aliphatic heterocycles. The molecule has 1 aromatic rings. The summed E-state index contributed by atoms with van der Waals surface area (Å²) in [6, 6.07) is 4.08. The fourth-order valence-corrected chi connectivity index (χ4v) is 2.24. The van der Waals surface area contributed by atoms with Crippen molar-refractivity contribution in [1.82, 2.24) is 4.90 Å². The summed E-state index contributed by atoms with van der Waals surface area (Å²) >= 11 is 1.68. The monoisotopic (exact) mass is 197 g/mol. The molecular formula is C10H15NOS. The number of hydrogen-bond acceptors (Lipinski definition) is 3. The number of nitrogens with zero attached hydrogens (tertiary/aromatic N) is 1. The first-order valence-corrected chi connectivity index (χ1v) is 5.61. The molecule has 3 heteroatoms. The van der Waals surface area contributed by atoms with Gasteiger partial charge in [0.15, 0.2) is 5.06 Å². The molecule has 0 aliphatic carbocycles. The van der Waals surface area contributed by atoms with Gasteiger partial charge in [-0.3, -0.25) is 0 Å². The lowest BCUT2D eigenvalue weighted by Crippen LogP contribution is -2.35. The van der Waals surface area contributed by atoms with E-state index in [9.17, 15) is 0 Å². The predicted octanol–water partition coefficient (Wildman–Crippen LogP) is 2.22. The van der Waals surface area contributed by atoms with E-state index in [-0.39, 0.29) is 0 Å². The molecule has 1 aromatic heterocycles. The summed E-state index contributed by atoms with van der Waals surface area (Å²) in [4.78, 5) is 2.36. The van der Waals surface area contributed by atoms with Gasteiger partial charge in [0.2, 0.25) is 0 Å². The second-order valence-electron chi connectivity index (χ2n) is 3.55. The molecule has 1 aliphatic rings. The maximum atomic E-state index is 5.84. The summed E-state index contributed by atoms with van der Waals surface area (Å²) in [5.74, 6) is 0. The fraction of sp³-hybridized carbons (Fsp3) is 0.600. The second kappa shape index (κ2) is 4.11. The SMILES string of the molecule is CN1CCC(Oc2cccs2)CC1. The summed E-state index contributed by atoms with van der Waals surface area (Å²) in [6.45, 7) is 2.33. The van der Waals surface area contributed by atoms with Crippen molar-refractivity contribution in [2.75, 3.05) is 20.1 Å². The van der Waals surface area contributed by atoms with Crippen LogP contribution in [0.25, 0.3) is 0 Å². The van der Waals surface area contributed by atoms with E-state index >= 15 is 0 Å². The Kier molecular flexibility index (Phi) is 2.86. The van der Waals surface area contributed by atoms with Gasteiger partial charge < -0.3 is 9.64 Å². The van der Waals surface area contributed by atoms with Gasteiger partial charge in [-0.15, -0.1) is 11.3 Å². The van der Waals surface area contributed by atoms with Crippen LogP contribution in [0.15, 0.2) is 17.5 Å². The van der Waals surface area contributed by atoms with E-state index < -0.39 is 0 Å². The van der Waals surface area contributed by atoms with Gasteiger partial charge in [0.05, 0.1) is 0 Å². The van der Waals surface area contributed by atoms with Crippen molar-refractivity contribution in [2.45, 2.75) is 18.9 Å². The molecule has 0 atom stereocenters. The van der Waals surface area contributed by atoms with Gasteiger partial charge in [0.25, 0.3) is 0 Å². The van der Waals surface area contributed by atoms with Crippen molar-refractivity contribution < 1.29 is 4.74 Å². The first kappa shape index (κ1) is 9.03. The summed E-state index contributed by atoms with van der Waals surface area (Å²) in [6.07, 6.45) is 2.76. The highest BCUT2D eigenvalue weighted by Gasteiger charge is 2.17. The number of rotatable bonds is 2. The van der Waals surface area contributed by atoms with Crippen LogP contribution in [0, 0.1) is 0 Å². The number of thiophene rings is 1. The molecule has 2 rings (SSSR count). The van der Waals surface area contributed by atoms with Gasteiger partial charge in [-0.1, -0.05) is 0 Å². The van der Waals surface area contributed by atoms with Crippen molar-refractivity contribution in [2.24, 2.45) is 0 Å². The van der Waals surface area contributed by atoms with Crippen LogP contribution in [0.3, 0.4) is 0 Å². The zero-order chi connectivity index (χ0) is 9.10. The van der Waals surface area contributed by atoms with E-state index in [1.54, 1.807) is 11.3 Å². The van der Waals surface area contributed by atoms with E-state index in [1.165, 1.54) is 0 Å². The molecule has 1 fully saturated rings. The quantitative estimate of drug-likeness (QED) is 0.721. The van der Waals surface area contributed by atoms with Crippen LogP contribution in [-0.2, 0) is 0 Å². The fourth-order valence-electron chi connectivity index (χ4n) is 1.60. The average molecular weight is 197 g/mol. The van der Waals surface area contributed by atoms with Gasteiger partial charge in [-0.2, -0.15) is 0 Å². The number of piperidine rings is 1. The maximum absolute atomic E-state index is 5.84. The van der Waals surface area contributed by atoms with Crippen LogP contribution in [0.2, 0.25) is 0 Å². The lowest BCUT2D eigenvalue weighted by atomic mass is 10.1. The van der Waals surface area contributed by atoms with Crippen LogP contribution in [0.5, 0.6) is 5.06 Å². The molecule has 0 spiro atoms. The second-order valence-corrected chi connectivity index (χ2v) is 4.46. The Morgan fingerprint density at radius 3 is 2.85 bits per heavy atom. The molecule has 13 heavy (non-hydrogen) atoms. The van der Waals surface area contributed by atoms with E-state index in [2.05, 4.69) is 17.3 Å². The summed E-state index contributed by atoms with van der Waals surface area (Å²) < 4.78 is 5.84. The molecule has 0 bridgehead atoms. The molecule has 72 valence electrons. The van der Waals surface area contributed by atoms with Crippen LogP contribution >= 0.6 is 11.3 Å². The summed E-state index contributed by atoms with van der Waals surface area (Å²) in [5.41, 5.74) is 0.